The number of pyridine rings is 1. The Morgan fingerprint density at radius 2 is 2.35 bits per heavy atom. The molecule has 5 heteroatoms. The summed E-state index contributed by atoms with van der Waals surface area (Å²) in [6.07, 6.45) is 5.27. The van der Waals surface area contributed by atoms with Crippen molar-refractivity contribution in [2.24, 2.45) is 0 Å². The molecule has 0 saturated heterocycles. The van der Waals surface area contributed by atoms with Gasteiger partial charge >= 0.3 is 5.97 Å². The number of nitrogens with zero attached hydrogens (tertiary/aromatic N) is 2. The first-order valence-electron chi connectivity index (χ1n) is 7.00. The molecule has 2 aromatic rings. The summed E-state index contributed by atoms with van der Waals surface area (Å²) in [5, 5.41) is 3.30. The fraction of sp³-hybridized carbons (Fsp3) is 0.467. The lowest BCUT2D eigenvalue weighted by molar-refractivity contribution is -0.143. The lowest BCUT2D eigenvalue weighted by Crippen LogP contribution is -2.16. The fourth-order valence-electron chi connectivity index (χ4n) is 2.10. The minimum absolute atomic E-state index is 0.127. The van der Waals surface area contributed by atoms with E-state index in [2.05, 4.69) is 23.3 Å². The molecule has 1 N–H and O–H groups in total. The summed E-state index contributed by atoms with van der Waals surface area (Å²) in [6.45, 7) is 5.82. The van der Waals surface area contributed by atoms with Gasteiger partial charge in [0, 0.05) is 25.4 Å². The second-order valence-electron chi connectivity index (χ2n) is 4.74. The number of aromatic nitrogens is 2. The van der Waals surface area contributed by atoms with Crippen molar-refractivity contribution < 1.29 is 9.53 Å². The number of rotatable bonds is 7. The van der Waals surface area contributed by atoms with Gasteiger partial charge in [-0.05, 0) is 38.4 Å². The Bertz CT molecular complexity index is 578. The maximum absolute atomic E-state index is 11.2. The third-order valence-electron chi connectivity index (χ3n) is 3.07. The van der Waals surface area contributed by atoms with E-state index in [4.69, 9.17) is 4.74 Å². The van der Waals surface area contributed by atoms with E-state index in [1.165, 1.54) is 5.56 Å². The second kappa shape index (κ2) is 7.05. The van der Waals surface area contributed by atoms with Crippen molar-refractivity contribution in [2.45, 2.75) is 33.2 Å². The molecule has 0 bridgehead atoms. The van der Waals surface area contributed by atoms with Gasteiger partial charge in [0.2, 0.25) is 0 Å². The second-order valence-corrected chi connectivity index (χ2v) is 4.74. The smallest absolute Gasteiger partial charge is 0.305 e. The summed E-state index contributed by atoms with van der Waals surface area (Å²) in [5.41, 5.74) is 3.17. The van der Waals surface area contributed by atoms with Crippen molar-refractivity contribution in [2.75, 3.05) is 13.2 Å². The van der Waals surface area contributed by atoms with Crippen molar-refractivity contribution in [3.63, 3.8) is 0 Å². The SMILES string of the molecule is CCOC(=O)CCCNCc1cn2cccc(C)c2n1. The predicted octanol–water partition coefficient (Wildman–Crippen LogP) is 2.08. The molecule has 2 aromatic heterocycles. The lowest BCUT2D eigenvalue weighted by atomic mass is 10.3. The van der Waals surface area contributed by atoms with Gasteiger partial charge < -0.3 is 14.5 Å². The average Bonchev–Trinajstić information content (AvgIpc) is 2.83. The molecule has 0 unspecified atom stereocenters. The van der Waals surface area contributed by atoms with Gasteiger partial charge in [-0.3, -0.25) is 4.79 Å². The molecule has 108 valence electrons. The van der Waals surface area contributed by atoms with Gasteiger partial charge in [0.25, 0.3) is 0 Å². The fourth-order valence-corrected chi connectivity index (χ4v) is 2.10. The number of imidazole rings is 1. The highest BCUT2D eigenvalue weighted by atomic mass is 16.5. The number of carbonyl (C=O) groups is 1. The van der Waals surface area contributed by atoms with E-state index in [1.807, 2.05) is 29.8 Å². The molecule has 0 fully saturated rings. The van der Waals surface area contributed by atoms with E-state index in [-0.39, 0.29) is 5.97 Å². The molecule has 0 aliphatic rings. The van der Waals surface area contributed by atoms with Crippen LogP contribution in [0.2, 0.25) is 0 Å². The highest BCUT2D eigenvalue weighted by molar-refractivity contribution is 5.69. The predicted molar refractivity (Wildman–Crippen MR) is 77.5 cm³/mol. The van der Waals surface area contributed by atoms with Crippen LogP contribution in [-0.4, -0.2) is 28.5 Å². The summed E-state index contributed by atoms with van der Waals surface area (Å²) < 4.78 is 6.91. The van der Waals surface area contributed by atoms with Gasteiger partial charge in [-0.1, -0.05) is 6.07 Å². The van der Waals surface area contributed by atoms with Gasteiger partial charge in [0.15, 0.2) is 0 Å². The van der Waals surface area contributed by atoms with Crippen LogP contribution in [0.5, 0.6) is 0 Å². The Balaban J connectivity index is 1.76. The van der Waals surface area contributed by atoms with Gasteiger partial charge in [-0.2, -0.15) is 0 Å². The minimum Gasteiger partial charge on any atom is -0.466 e. The van der Waals surface area contributed by atoms with E-state index in [1.54, 1.807) is 0 Å². The van der Waals surface area contributed by atoms with Crippen LogP contribution in [-0.2, 0) is 16.1 Å². The maximum Gasteiger partial charge on any atom is 0.305 e. The van der Waals surface area contributed by atoms with E-state index in [0.29, 0.717) is 19.6 Å². The van der Waals surface area contributed by atoms with Crippen LogP contribution >= 0.6 is 0 Å². The first-order chi connectivity index (χ1) is 9.70. The number of fused-ring (bicyclic) bond motifs is 1. The van der Waals surface area contributed by atoms with E-state index < -0.39 is 0 Å². The number of carbonyl (C=O) groups excluding carboxylic acids is 1. The van der Waals surface area contributed by atoms with Gasteiger partial charge in [-0.15, -0.1) is 0 Å². The number of nitrogens with one attached hydrogen (secondary N) is 1. The minimum atomic E-state index is -0.127. The van der Waals surface area contributed by atoms with Crippen molar-refractivity contribution in [1.82, 2.24) is 14.7 Å². The summed E-state index contributed by atoms with van der Waals surface area (Å²) in [7, 11) is 0. The molecule has 0 atom stereocenters. The monoisotopic (exact) mass is 275 g/mol. The molecule has 2 heterocycles. The molecule has 0 saturated carbocycles. The zero-order valence-corrected chi connectivity index (χ0v) is 12.1. The molecule has 5 nitrogen and oxygen atoms in total. The largest absolute Gasteiger partial charge is 0.466 e. The van der Waals surface area contributed by atoms with Crippen LogP contribution in [0.25, 0.3) is 5.65 Å². The van der Waals surface area contributed by atoms with Crippen molar-refractivity contribution in [3.8, 4) is 0 Å². The van der Waals surface area contributed by atoms with Crippen LogP contribution in [0.15, 0.2) is 24.5 Å². The van der Waals surface area contributed by atoms with E-state index in [0.717, 1.165) is 24.3 Å². The van der Waals surface area contributed by atoms with Crippen molar-refractivity contribution in [3.05, 3.63) is 35.8 Å². The lowest BCUT2D eigenvalue weighted by Gasteiger charge is -2.02. The third kappa shape index (κ3) is 3.81. The standard InChI is InChI=1S/C15H21N3O2/c1-3-20-14(19)7-4-8-16-10-13-11-18-9-5-6-12(2)15(18)17-13/h5-6,9,11,16H,3-4,7-8,10H2,1-2H3. The number of esters is 1. The highest BCUT2D eigenvalue weighted by Crippen LogP contribution is 2.09. The Hall–Kier alpha value is -1.88. The summed E-state index contributed by atoms with van der Waals surface area (Å²) in [5.74, 6) is -0.127. The van der Waals surface area contributed by atoms with Crippen molar-refractivity contribution in [1.29, 1.82) is 0 Å². The maximum atomic E-state index is 11.2. The molecule has 0 amide bonds. The van der Waals surface area contributed by atoms with Crippen LogP contribution in [0.3, 0.4) is 0 Å². The summed E-state index contributed by atoms with van der Waals surface area (Å²) >= 11 is 0. The van der Waals surface area contributed by atoms with Gasteiger partial charge in [-0.25, -0.2) is 4.98 Å². The topological polar surface area (TPSA) is 55.6 Å². The summed E-state index contributed by atoms with van der Waals surface area (Å²) in [4.78, 5) is 15.7. The van der Waals surface area contributed by atoms with Crippen LogP contribution in [0, 0.1) is 6.92 Å². The molecule has 2 rings (SSSR count). The number of hydrogen-bond donors (Lipinski definition) is 1. The Labute approximate surface area is 119 Å². The molecule has 0 aliphatic carbocycles. The van der Waals surface area contributed by atoms with Gasteiger partial charge in [0.1, 0.15) is 5.65 Å². The van der Waals surface area contributed by atoms with Crippen LogP contribution < -0.4 is 5.32 Å². The van der Waals surface area contributed by atoms with Gasteiger partial charge in [0.05, 0.1) is 12.3 Å². The van der Waals surface area contributed by atoms with E-state index >= 15 is 0 Å². The Morgan fingerprint density at radius 1 is 1.50 bits per heavy atom. The molecule has 0 aromatic carbocycles. The molecule has 20 heavy (non-hydrogen) atoms. The quantitative estimate of drug-likeness (QED) is 0.621. The first kappa shape index (κ1) is 14.5. The molecule has 0 radical (unpaired) electrons. The molecule has 0 spiro atoms. The number of hydrogen-bond acceptors (Lipinski definition) is 4. The van der Waals surface area contributed by atoms with Crippen LogP contribution in [0.1, 0.15) is 31.0 Å². The normalized spacial score (nSPS) is 10.9. The molecular formula is C15H21N3O2. The molecule has 0 aliphatic heterocycles. The van der Waals surface area contributed by atoms with Crippen LogP contribution in [0.4, 0.5) is 0 Å². The van der Waals surface area contributed by atoms with Crippen molar-refractivity contribution >= 4 is 11.6 Å². The number of ether oxygens (including phenoxy) is 1. The Kier molecular flexibility index (Phi) is 5.12. The zero-order valence-electron chi connectivity index (χ0n) is 12.1. The zero-order chi connectivity index (χ0) is 14.4. The first-order valence-corrected chi connectivity index (χ1v) is 7.00. The summed E-state index contributed by atoms with van der Waals surface area (Å²) in [6, 6.07) is 4.07. The number of aryl methyl sites for hydroxylation is 1. The third-order valence-corrected chi connectivity index (χ3v) is 3.07. The highest BCUT2D eigenvalue weighted by Gasteiger charge is 2.04. The molecular weight excluding hydrogens is 254 g/mol. The van der Waals surface area contributed by atoms with E-state index in [9.17, 15) is 4.79 Å². The average molecular weight is 275 g/mol. The Morgan fingerprint density at radius 3 is 3.10 bits per heavy atom.